The normalized spacial score (nSPS) is 10.4. The van der Waals surface area contributed by atoms with Crippen molar-refractivity contribution in [1.29, 1.82) is 0 Å². The molecule has 2 rings (SSSR count). The molecule has 2 aromatic rings. The SMILES string of the molecule is Cc1ccc(F)c(-c2cnc(N)cn2)c1F. The van der Waals surface area contributed by atoms with Crippen LogP contribution in [0.25, 0.3) is 11.3 Å². The van der Waals surface area contributed by atoms with E-state index in [0.717, 1.165) is 0 Å². The predicted molar refractivity (Wildman–Crippen MR) is 56.5 cm³/mol. The molecule has 1 aromatic carbocycles. The zero-order valence-corrected chi connectivity index (χ0v) is 8.54. The Hall–Kier alpha value is -2.04. The quantitative estimate of drug-likeness (QED) is 0.803. The number of hydrogen-bond acceptors (Lipinski definition) is 3. The maximum Gasteiger partial charge on any atom is 0.141 e. The van der Waals surface area contributed by atoms with E-state index in [1.807, 2.05) is 0 Å². The van der Waals surface area contributed by atoms with Gasteiger partial charge in [0.25, 0.3) is 0 Å². The highest BCUT2D eigenvalue weighted by Crippen LogP contribution is 2.25. The van der Waals surface area contributed by atoms with Gasteiger partial charge in [-0.3, -0.25) is 4.98 Å². The van der Waals surface area contributed by atoms with Gasteiger partial charge in [0.1, 0.15) is 17.5 Å². The van der Waals surface area contributed by atoms with Crippen molar-refractivity contribution in [3.8, 4) is 11.3 Å². The van der Waals surface area contributed by atoms with E-state index in [2.05, 4.69) is 9.97 Å². The topological polar surface area (TPSA) is 51.8 Å². The van der Waals surface area contributed by atoms with Gasteiger partial charge in [-0.1, -0.05) is 6.07 Å². The maximum absolute atomic E-state index is 13.7. The highest BCUT2D eigenvalue weighted by Gasteiger charge is 2.14. The van der Waals surface area contributed by atoms with E-state index in [1.54, 1.807) is 6.92 Å². The summed E-state index contributed by atoms with van der Waals surface area (Å²) in [6.45, 7) is 1.56. The van der Waals surface area contributed by atoms with E-state index in [9.17, 15) is 8.78 Å². The molecular weight excluding hydrogens is 212 g/mol. The first-order valence-electron chi connectivity index (χ1n) is 4.62. The molecule has 0 radical (unpaired) electrons. The Morgan fingerprint density at radius 1 is 1.12 bits per heavy atom. The van der Waals surface area contributed by atoms with Crippen LogP contribution in [0, 0.1) is 18.6 Å². The number of hydrogen-bond donors (Lipinski definition) is 1. The first kappa shape index (κ1) is 10.5. The molecule has 1 aromatic heterocycles. The fourth-order valence-corrected chi connectivity index (χ4v) is 1.36. The second-order valence-corrected chi connectivity index (χ2v) is 3.38. The van der Waals surface area contributed by atoms with Gasteiger partial charge in [-0.15, -0.1) is 0 Å². The molecule has 0 fully saturated rings. The molecule has 82 valence electrons. The van der Waals surface area contributed by atoms with E-state index in [0.29, 0.717) is 5.56 Å². The van der Waals surface area contributed by atoms with Crippen molar-refractivity contribution in [3.63, 3.8) is 0 Å². The molecular formula is C11H9F2N3. The molecule has 0 aliphatic rings. The molecule has 0 atom stereocenters. The standard InChI is InChI=1S/C11H9F2N3/c1-6-2-3-7(12)10(11(6)13)8-4-16-9(14)5-15-8/h2-5H,1H3,(H2,14,16). The van der Waals surface area contributed by atoms with Crippen molar-refractivity contribution in [1.82, 2.24) is 9.97 Å². The van der Waals surface area contributed by atoms with Crippen LogP contribution < -0.4 is 5.73 Å². The summed E-state index contributed by atoms with van der Waals surface area (Å²) in [6, 6.07) is 2.57. The molecule has 0 saturated carbocycles. The van der Waals surface area contributed by atoms with Crippen molar-refractivity contribution in [2.24, 2.45) is 0 Å². The van der Waals surface area contributed by atoms with Crippen LogP contribution in [0.5, 0.6) is 0 Å². The number of nitrogens with two attached hydrogens (primary N) is 1. The second kappa shape index (κ2) is 3.84. The van der Waals surface area contributed by atoms with Crippen LogP contribution in [0.3, 0.4) is 0 Å². The summed E-state index contributed by atoms with van der Waals surface area (Å²) in [5.41, 5.74) is 5.66. The Labute approximate surface area is 91.0 Å². The van der Waals surface area contributed by atoms with Gasteiger partial charge >= 0.3 is 0 Å². The third-order valence-electron chi connectivity index (χ3n) is 2.21. The van der Waals surface area contributed by atoms with Gasteiger partial charge < -0.3 is 5.73 Å². The van der Waals surface area contributed by atoms with E-state index in [1.165, 1.54) is 24.5 Å². The summed E-state index contributed by atoms with van der Waals surface area (Å²) < 4.78 is 27.2. The number of aryl methyl sites for hydroxylation is 1. The average Bonchev–Trinajstić information content (AvgIpc) is 2.27. The van der Waals surface area contributed by atoms with Crippen LogP contribution in [-0.2, 0) is 0 Å². The smallest absolute Gasteiger partial charge is 0.141 e. The van der Waals surface area contributed by atoms with Gasteiger partial charge in [0.2, 0.25) is 0 Å². The van der Waals surface area contributed by atoms with Crippen molar-refractivity contribution in [3.05, 3.63) is 41.7 Å². The van der Waals surface area contributed by atoms with Crippen molar-refractivity contribution in [2.75, 3.05) is 5.73 Å². The largest absolute Gasteiger partial charge is 0.382 e. The van der Waals surface area contributed by atoms with Crippen LogP contribution in [0.4, 0.5) is 14.6 Å². The summed E-state index contributed by atoms with van der Waals surface area (Å²) in [6.07, 6.45) is 2.51. The molecule has 0 spiro atoms. The summed E-state index contributed by atoms with van der Waals surface area (Å²) in [5, 5.41) is 0. The summed E-state index contributed by atoms with van der Waals surface area (Å²) in [4.78, 5) is 7.59. The minimum absolute atomic E-state index is 0.132. The Bertz CT molecular complexity index is 523. The van der Waals surface area contributed by atoms with Gasteiger partial charge in [-0.05, 0) is 18.6 Å². The first-order valence-corrected chi connectivity index (χ1v) is 4.62. The molecule has 16 heavy (non-hydrogen) atoms. The van der Waals surface area contributed by atoms with E-state index in [4.69, 9.17) is 5.73 Å². The lowest BCUT2D eigenvalue weighted by Crippen LogP contribution is -1.98. The van der Waals surface area contributed by atoms with Gasteiger partial charge in [0, 0.05) is 0 Å². The minimum atomic E-state index is -0.665. The van der Waals surface area contributed by atoms with Crippen LogP contribution >= 0.6 is 0 Å². The fraction of sp³-hybridized carbons (Fsp3) is 0.0909. The zero-order chi connectivity index (χ0) is 11.7. The molecule has 2 N–H and O–H groups in total. The number of anilines is 1. The molecule has 0 unspecified atom stereocenters. The van der Waals surface area contributed by atoms with Crippen molar-refractivity contribution >= 4 is 5.82 Å². The van der Waals surface area contributed by atoms with Gasteiger partial charge in [0.05, 0.1) is 23.7 Å². The number of benzene rings is 1. The zero-order valence-electron chi connectivity index (χ0n) is 8.54. The maximum atomic E-state index is 13.7. The molecule has 0 aliphatic heterocycles. The van der Waals surface area contributed by atoms with Crippen LogP contribution in [0.1, 0.15) is 5.56 Å². The van der Waals surface area contributed by atoms with Gasteiger partial charge in [0.15, 0.2) is 0 Å². The number of rotatable bonds is 1. The summed E-state index contributed by atoms with van der Waals surface area (Å²) in [5.74, 6) is -1.08. The average molecular weight is 221 g/mol. The Morgan fingerprint density at radius 3 is 2.50 bits per heavy atom. The third kappa shape index (κ3) is 1.71. The highest BCUT2D eigenvalue weighted by atomic mass is 19.1. The Balaban J connectivity index is 2.63. The van der Waals surface area contributed by atoms with Gasteiger partial charge in [-0.2, -0.15) is 0 Å². The van der Waals surface area contributed by atoms with E-state index >= 15 is 0 Å². The lowest BCUT2D eigenvalue weighted by atomic mass is 10.1. The lowest BCUT2D eigenvalue weighted by Gasteiger charge is -2.06. The van der Waals surface area contributed by atoms with E-state index in [-0.39, 0.29) is 17.1 Å². The Kier molecular flexibility index (Phi) is 2.52. The molecule has 3 nitrogen and oxygen atoms in total. The summed E-state index contributed by atoms with van der Waals surface area (Å²) >= 11 is 0. The van der Waals surface area contributed by atoms with Crippen molar-refractivity contribution < 1.29 is 8.78 Å². The third-order valence-corrected chi connectivity index (χ3v) is 2.21. The van der Waals surface area contributed by atoms with Crippen LogP contribution in [0.2, 0.25) is 0 Å². The second-order valence-electron chi connectivity index (χ2n) is 3.38. The van der Waals surface area contributed by atoms with E-state index < -0.39 is 11.6 Å². The molecule has 0 bridgehead atoms. The molecule has 5 heteroatoms. The molecule has 0 aliphatic carbocycles. The molecule has 0 amide bonds. The lowest BCUT2D eigenvalue weighted by molar-refractivity contribution is 0.582. The minimum Gasteiger partial charge on any atom is -0.382 e. The number of nitrogen functional groups attached to an aromatic ring is 1. The number of aromatic nitrogens is 2. The highest BCUT2D eigenvalue weighted by molar-refractivity contribution is 5.61. The monoisotopic (exact) mass is 221 g/mol. The number of nitrogens with zero attached hydrogens (tertiary/aromatic N) is 2. The fourth-order valence-electron chi connectivity index (χ4n) is 1.36. The van der Waals surface area contributed by atoms with Gasteiger partial charge in [-0.25, -0.2) is 13.8 Å². The van der Waals surface area contributed by atoms with Crippen LogP contribution in [0.15, 0.2) is 24.5 Å². The summed E-state index contributed by atoms with van der Waals surface area (Å²) in [7, 11) is 0. The molecule has 0 saturated heterocycles. The number of halogens is 2. The Morgan fingerprint density at radius 2 is 1.88 bits per heavy atom. The van der Waals surface area contributed by atoms with Crippen LogP contribution in [-0.4, -0.2) is 9.97 Å². The first-order chi connectivity index (χ1) is 7.59. The predicted octanol–water partition coefficient (Wildman–Crippen LogP) is 2.31. The molecule has 1 heterocycles. The van der Waals surface area contributed by atoms with Crippen molar-refractivity contribution in [2.45, 2.75) is 6.92 Å².